The van der Waals surface area contributed by atoms with E-state index in [9.17, 15) is 0 Å². The summed E-state index contributed by atoms with van der Waals surface area (Å²) < 4.78 is 0.836. The summed E-state index contributed by atoms with van der Waals surface area (Å²) in [5, 5.41) is 2.90. The predicted molar refractivity (Wildman–Crippen MR) is 89.9 cm³/mol. The van der Waals surface area contributed by atoms with Crippen molar-refractivity contribution in [1.82, 2.24) is 0 Å². The van der Waals surface area contributed by atoms with E-state index in [1.54, 1.807) is 0 Å². The quantitative estimate of drug-likeness (QED) is 0.675. The molecule has 3 aliphatic rings. The van der Waals surface area contributed by atoms with Crippen molar-refractivity contribution in [2.45, 2.75) is 19.7 Å². The van der Waals surface area contributed by atoms with Crippen LogP contribution in [0.15, 0.2) is 0 Å². The molecule has 0 N–H and O–H groups in total. The Balaban J connectivity index is 1.44. The van der Waals surface area contributed by atoms with Crippen LogP contribution in [0.1, 0.15) is 0 Å². The average Bonchev–Trinajstić information content (AvgIpc) is 2.08. The fourth-order valence-corrected chi connectivity index (χ4v) is 10.9. The number of rotatable bonds is 6. The minimum atomic E-state index is 0.836. The Kier molecular flexibility index (Phi) is 5.33. The second-order valence-corrected chi connectivity index (χ2v) is 12.5. The fraction of sp³-hybridized carbons (Fsp3) is 1.00. The van der Waals surface area contributed by atoms with Gasteiger partial charge in [-0.15, -0.1) is 35.3 Å². The van der Waals surface area contributed by atoms with Crippen molar-refractivity contribution in [3.05, 3.63) is 0 Å². The fourth-order valence-electron chi connectivity index (χ4n) is 1.45. The van der Waals surface area contributed by atoms with Gasteiger partial charge in [0.25, 0.3) is 0 Å². The largest absolute Gasteiger partial charge is 0.160 e. The van der Waals surface area contributed by atoms with Crippen molar-refractivity contribution in [3.8, 4) is 0 Å². The molecule has 16 heavy (non-hydrogen) atoms. The molecule has 0 aromatic rings. The van der Waals surface area contributed by atoms with Gasteiger partial charge in [0.2, 0.25) is 0 Å². The lowest BCUT2D eigenvalue weighted by Gasteiger charge is -2.35. The van der Waals surface area contributed by atoms with Gasteiger partial charge in [-0.3, -0.25) is 0 Å². The molecule has 0 saturated carbocycles. The zero-order valence-electron chi connectivity index (χ0n) is 9.00. The molecule has 3 heterocycles. The maximum atomic E-state index is 2.27. The molecule has 6 heteroatoms. The van der Waals surface area contributed by atoms with Gasteiger partial charge in [-0.1, -0.05) is 0 Å². The summed E-state index contributed by atoms with van der Waals surface area (Å²) in [6.45, 7) is 0. The molecule has 0 aliphatic carbocycles. The third kappa shape index (κ3) is 3.56. The third-order valence-electron chi connectivity index (χ3n) is 2.73. The minimum absolute atomic E-state index is 0.836. The van der Waals surface area contributed by atoms with Crippen LogP contribution in [0.3, 0.4) is 0 Å². The van der Waals surface area contributed by atoms with E-state index < -0.39 is 0 Å². The second-order valence-electron chi connectivity index (χ2n) is 4.18. The number of hydrogen-bond acceptors (Lipinski definition) is 6. The molecular formula is C10H16S6. The Morgan fingerprint density at radius 1 is 0.625 bits per heavy atom. The predicted octanol–water partition coefficient (Wildman–Crippen LogP) is 3.82. The first-order chi connectivity index (χ1) is 7.90. The number of thioether (sulfide) groups is 6. The number of hydrogen-bond donors (Lipinski definition) is 0. The van der Waals surface area contributed by atoms with E-state index in [2.05, 4.69) is 70.6 Å². The average molecular weight is 329 g/mol. The Bertz CT molecular complexity index is 185. The monoisotopic (exact) mass is 328 g/mol. The van der Waals surface area contributed by atoms with E-state index in [0.29, 0.717) is 0 Å². The molecular weight excluding hydrogens is 313 g/mol. The van der Waals surface area contributed by atoms with Crippen LogP contribution < -0.4 is 0 Å². The Hall–Kier alpha value is 2.10. The van der Waals surface area contributed by atoms with Crippen LogP contribution in [0, 0.1) is 0 Å². The zero-order chi connectivity index (χ0) is 10.8. The summed E-state index contributed by atoms with van der Waals surface area (Å²) in [4.78, 5) is 0. The van der Waals surface area contributed by atoms with Gasteiger partial charge in [0.15, 0.2) is 0 Å². The lowest BCUT2D eigenvalue weighted by Crippen LogP contribution is -2.29. The first-order valence-electron chi connectivity index (χ1n) is 5.60. The maximum absolute atomic E-state index is 2.27. The molecule has 0 atom stereocenters. The molecule has 0 spiro atoms. The SMILES string of the molecule is C1SCC1SC(SC1CSC1)SC1CSC1. The van der Waals surface area contributed by atoms with Crippen LogP contribution in [0.4, 0.5) is 0 Å². The van der Waals surface area contributed by atoms with E-state index in [1.807, 2.05) is 0 Å². The summed E-state index contributed by atoms with van der Waals surface area (Å²) in [6, 6.07) is 0. The molecule has 3 rings (SSSR count). The summed E-state index contributed by atoms with van der Waals surface area (Å²) in [6.07, 6.45) is 0. The van der Waals surface area contributed by atoms with Crippen molar-refractivity contribution in [1.29, 1.82) is 0 Å². The van der Waals surface area contributed by atoms with Crippen molar-refractivity contribution < 1.29 is 0 Å². The third-order valence-corrected chi connectivity index (χ3v) is 12.6. The molecule has 92 valence electrons. The van der Waals surface area contributed by atoms with Gasteiger partial charge in [-0.2, -0.15) is 35.3 Å². The van der Waals surface area contributed by atoms with Crippen molar-refractivity contribution in [3.63, 3.8) is 0 Å². The molecule has 0 amide bonds. The Labute approximate surface area is 124 Å². The molecule has 3 fully saturated rings. The van der Waals surface area contributed by atoms with E-state index in [1.165, 1.54) is 34.5 Å². The van der Waals surface area contributed by atoms with Gasteiger partial charge in [0, 0.05) is 50.3 Å². The molecule has 0 aromatic carbocycles. The summed E-state index contributed by atoms with van der Waals surface area (Å²) >= 11 is 13.2. The Morgan fingerprint density at radius 2 is 0.938 bits per heavy atom. The topological polar surface area (TPSA) is 0 Å². The van der Waals surface area contributed by atoms with Crippen LogP contribution in [0.5, 0.6) is 0 Å². The van der Waals surface area contributed by atoms with Crippen LogP contribution in [0.25, 0.3) is 0 Å². The molecule has 0 unspecified atom stereocenters. The highest BCUT2D eigenvalue weighted by atomic mass is 32.3. The minimum Gasteiger partial charge on any atom is -0.160 e. The van der Waals surface area contributed by atoms with Crippen LogP contribution in [0.2, 0.25) is 0 Å². The van der Waals surface area contributed by atoms with Gasteiger partial charge < -0.3 is 0 Å². The van der Waals surface area contributed by atoms with Gasteiger partial charge in [-0.25, -0.2) is 0 Å². The van der Waals surface area contributed by atoms with Gasteiger partial charge >= 0.3 is 0 Å². The van der Waals surface area contributed by atoms with E-state index in [-0.39, 0.29) is 0 Å². The molecule has 3 saturated heterocycles. The highest BCUT2D eigenvalue weighted by Crippen LogP contribution is 2.49. The molecule has 0 aromatic heterocycles. The zero-order valence-corrected chi connectivity index (χ0v) is 13.9. The highest BCUT2D eigenvalue weighted by molar-refractivity contribution is 8.34. The van der Waals surface area contributed by atoms with Crippen molar-refractivity contribution in [2.75, 3.05) is 34.5 Å². The Morgan fingerprint density at radius 3 is 1.12 bits per heavy atom. The lowest BCUT2D eigenvalue weighted by molar-refractivity contribution is 1.07. The summed E-state index contributed by atoms with van der Waals surface area (Å²) in [7, 11) is 0. The van der Waals surface area contributed by atoms with Crippen LogP contribution in [-0.4, -0.2) is 54.2 Å². The van der Waals surface area contributed by atoms with Crippen molar-refractivity contribution in [2.24, 2.45) is 0 Å². The van der Waals surface area contributed by atoms with Gasteiger partial charge in [-0.05, 0) is 0 Å². The molecule has 0 radical (unpaired) electrons. The summed E-state index contributed by atoms with van der Waals surface area (Å²) in [5.74, 6) is 8.42. The van der Waals surface area contributed by atoms with Crippen LogP contribution in [-0.2, 0) is 0 Å². The van der Waals surface area contributed by atoms with Gasteiger partial charge in [0.05, 0.1) is 3.91 Å². The van der Waals surface area contributed by atoms with Crippen LogP contribution >= 0.6 is 70.6 Å². The standard InChI is InChI=1S/C10H16S6/c1-7(2-11-1)14-10(15-8-3-12-4-8)16-9-5-13-6-9/h7-10H,1-6H2. The normalized spacial score (nSPS) is 27.6. The van der Waals surface area contributed by atoms with E-state index in [0.717, 1.165) is 19.7 Å². The summed E-state index contributed by atoms with van der Waals surface area (Å²) in [5.41, 5.74) is 0. The van der Waals surface area contributed by atoms with E-state index in [4.69, 9.17) is 0 Å². The van der Waals surface area contributed by atoms with Gasteiger partial charge in [0.1, 0.15) is 0 Å². The maximum Gasteiger partial charge on any atom is 0.0965 e. The molecule has 3 aliphatic heterocycles. The van der Waals surface area contributed by atoms with Crippen molar-refractivity contribution >= 4 is 70.6 Å². The lowest BCUT2D eigenvalue weighted by atomic mass is 10.5. The van der Waals surface area contributed by atoms with E-state index >= 15 is 0 Å². The first-order valence-corrected chi connectivity index (χ1v) is 11.9. The molecule has 0 nitrogen and oxygen atoms in total. The molecule has 0 bridgehead atoms. The second kappa shape index (κ2) is 6.51. The first kappa shape index (κ1) is 13.1. The smallest absolute Gasteiger partial charge is 0.0965 e. The highest BCUT2D eigenvalue weighted by Gasteiger charge is 2.31.